The van der Waals surface area contributed by atoms with Crippen LogP contribution in [0.25, 0.3) is 21.7 Å². The highest BCUT2D eigenvalue weighted by Crippen LogP contribution is 2.26. The first-order valence-electron chi connectivity index (χ1n) is 6.09. The number of hydrogen-bond donors (Lipinski definition) is 4. The lowest BCUT2D eigenvalue weighted by atomic mass is 10.3. The molecule has 8 heteroatoms. The maximum atomic E-state index is 5.61. The van der Waals surface area contributed by atoms with E-state index >= 15 is 0 Å². The monoisotopic (exact) mass is 299 g/mol. The highest BCUT2D eigenvalue weighted by molar-refractivity contribution is 7.13. The van der Waals surface area contributed by atoms with Gasteiger partial charge in [-0.05, 0) is 29.6 Å². The molecule has 0 radical (unpaired) electrons. The minimum absolute atomic E-state index is 0.00680. The number of rotatable bonds is 2. The Morgan fingerprint density at radius 1 is 1.19 bits per heavy atom. The summed E-state index contributed by atoms with van der Waals surface area (Å²) in [5.74, 6) is 0.713. The molecule has 0 aliphatic carbocycles. The number of nitrogens with one attached hydrogen (secondary N) is 1. The molecule has 2 heterocycles. The standard InChI is InChI=1S/C13H13N7S/c14-12(15)20-13(16)17-7-3-4-8-9(6-7)19-11(18-8)10-2-1-5-21-10/h1-6H,(H,18,19)(H6,14,15,16,17,20). The van der Waals surface area contributed by atoms with Crippen LogP contribution >= 0.6 is 11.3 Å². The molecule has 1 aromatic carbocycles. The average molecular weight is 299 g/mol. The van der Waals surface area contributed by atoms with Crippen LogP contribution in [0.4, 0.5) is 5.69 Å². The predicted octanol–water partition coefficient (Wildman–Crippen LogP) is 1.51. The molecule has 0 saturated heterocycles. The molecular formula is C13H13N7S. The van der Waals surface area contributed by atoms with Crippen LogP contribution in [-0.4, -0.2) is 21.9 Å². The summed E-state index contributed by atoms with van der Waals surface area (Å²) in [5, 5.41) is 2.01. The molecule has 0 aliphatic rings. The number of aliphatic imine (C=N–C) groups is 2. The predicted molar refractivity (Wildman–Crippen MR) is 86.5 cm³/mol. The van der Waals surface area contributed by atoms with Crippen LogP contribution in [0.3, 0.4) is 0 Å². The molecule has 3 rings (SSSR count). The van der Waals surface area contributed by atoms with Crippen LogP contribution in [-0.2, 0) is 0 Å². The van der Waals surface area contributed by atoms with Crippen LogP contribution < -0.4 is 17.2 Å². The number of aromatic amines is 1. The zero-order valence-corrected chi connectivity index (χ0v) is 11.8. The van der Waals surface area contributed by atoms with E-state index in [-0.39, 0.29) is 11.9 Å². The van der Waals surface area contributed by atoms with Crippen molar-refractivity contribution in [2.24, 2.45) is 27.2 Å². The molecule has 0 aliphatic heterocycles. The van der Waals surface area contributed by atoms with Gasteiger partial charge in [0.1, 0.15) is 5.82 Å². The second-order valence-electron chi connectivity index (χ2n) is 4.27. The van der Waals surface area contributed by atoms with Gasteiger partial charge in [0, 0.05) is 0 Å². The molecule has 7 N–H and O–H groups in total. The Bertz CT molecular complexity index is 825. The Balaban J connectivity index is 1.99. The van der Waals surface area contributed by atoms with Crippen molar-refractivity contribution in [3.63, 3.8) is 0 Å². The largest absolute Gasteiger partial charge is 0.370 e. The molecule has 0 bridgehead atoms. The fourth-order valence-electron chi connectivity index (χ4n) is 1.89. The van der Waals surface area contributed by atoms with Crippen LogP contribution in [0, 0.1) is 0 Å². The van der Waals surface area contributed by atoms with E-state index < -0.39 is 0 Å². The summed E-state index contributed by atoms with van der Waals surface area (Å²) in [4.78, 5) is 16.7. The number of H-pyrrole nitrogens is 1. The summed E-state index contributed by atoms with van der Waals surface area (Å²) in [6, 6.07) is 9.51. The topological polar surface area (TPSA) is 131 Å². The highest BCUT2D eigenvalue weighted by Gasteiger charge is 2.06. The molecule has 2 aromatic heterocycles. The first-order chi connectivity index (χ1) is 10.1. The Kier molecular flexibility index (Phi) is 3.28. The molecule has 21 heavy (non-hydrogen) atoms. The number of thiophene rings is 1. The molecule has 0 atom stereocenters. The van der Waals surface area contributed by atoms with Gasteiger partial charge in [-0.3, -0.25) is 0 Å². The molecule has 0 saturated carbocycles. The number of nitrogens with zero attached hydrogens (tertiary/aromatic N) is 3. The summed E-state index contributed by atoms with van der Waals surface area (Å²) >= 11 is 1.63. The molecule has 0 amide bonds. The third-order valence-corrected chi connectivity index (χ3v) is 3.58. The molecular weight excluding hydrogens is 286 g/mol. The number of hydrogen-bond acceptors (Lipinski definition) is 3. The van der Waals surface area contributed by atoms with Crippen molar-refractivity contribution >= 4 is 40.0 Å². The van der Waals surface area contributed by atoms with E-state index in [0.717, 1.165) is 21.7 Å². The number of imidazole rings is 1. The first kappa shape index (κ1) is 13.1. The lowest BCUT2D eigenvalue weighted by Crippen LogP contribution is -2.26. The molecule has 3 aromatic rings. The van der Waals surface area contributed by atoms with Crippen LogP contribution in [0.1, 0.15) is 0 Å². The van der Waals surface area contributed by atoms with Crippen molar-refractivity contribution in [2.75, 3.05) is 0 Å². The van der Waals surface area contributed by atoms with Gasteiger partial charge in [-0.1, -0.05) is 6.07 Å². The zero-order valence-electron chi connectivity index (χ0n) is 10.9. The van der Waals surface area contributed by atoms with Crippen LogP contribution in [0.2, 0.25) is 0 Å². The van der Waals surface area contributed by atoms with E-state index in [1.807, 2.05) is 29.6 Å². The quantitative estimate of drug-likeness (QED) is 0.422. The average Bonchev–Trinajstić information content (AvgIpc) is 3.05. The molecule has 0 unspecified atom stereocenters. The van der Waals surface area contributed by atoms with Crippen molar-refractivity contribution in [1.82, 2.24) is 9.97 Å². The summed E-state index contributed by atoms with van der Waals surface area (Å²) < 4.78 is 0. The van der Waals surface area contributed by atoms with Crippen molar-refractivity contribution in [3.05, 3.63) is 35.7 Å². The normalized spacial score (nSPS) is 11.7. The van der Waals surface area contributed by atoms with Gasteiger partial charge in [-0.15, -0.1) is 11.3 Å². The number of benzene rings is 1. The molecule has 106 valence electrons. The van der Waals surface area contributed by atoms with Crippen molar-refractivity contribution < 1.29 is 0 Å². The van der Waals surface area contributed by atoms with Gasteiger partial charge < -0.3 is 22.2 Å². The van der Waals surface area contributed by atoms with Gasteiger partial charge in [-0.2, -0.15) is 4.99 Å². The summed E-state index contributed by atoms with van der Waals surface area (Å²) in [6.45, 7) is 0. The Morgan fingerprint density at radius 3 is 2.76 bits per heavy atom. The Hall–Kier alpha value is -2.87. The third-order valence-electron chi connectivity index (χ3n) is 2.71. The third kappa shape index (κ3) is 2.84. The maximum Gasteiger partial charge on any atom is 0.223 e. The highest BCUT2D eigenvalue weighted by atomic mass is 32.1. The van der Waals surface area contributed by atoms with E-state index in [1.165, 1.54) is 0 Å². The number of aromatic nitrogens is 2. The van der Waals surface area contributed by atoms with E-state index in [4.69, 9.17) is 17.2 Å². The summed E-state index contributed by atoms with van der Waals surface area (Å²) in [7, 11) is 0. The Labute approximate surface area is 124 Å². The van der Waals surface area contributed by atoms with Crippen molar-refractivity contribution in [3.8, 4) is 10.7 Å². The second kappa shape index (κ2) is 5.25. The van der Waals surface area contributed by atoms with E-state index in [1.54, 1.807) is 17.4 Å². The lowest BCUT2D eigenvalue weighted by molar-refractivity contribution is 1.36. The minimum atomic E-state index is -0.126. The fraction of sp³-hybridized carbons (Fsp3) is 0. The van der Waals surface area contributed by atoms with E-state index in [0.29, 0.717) is 5.69 Å². The van der Waals surface area contributed by atoms with Crippen LogP contribution in [0.15, 0.2) is 45.7 Å². The molecule has 0 spiro atoms. The minimum Gasteiger partial charge on any atom is -0.370 e. The SMILES string of the molecule is NC(N)=NC(N)=Nc1ccc2nc(-c3cccs3)[nH]c2c1. The van der Waals surface area contributed by atoms with E-state index in [9.17, 15) is 0 Å². The Morgan fingerprint density at radius 2 is 2.05 bits per heavy atom. The van der Waals surface area contributed by atoms with E-state index in [2.05, 4.69) is 20.0 Å². The maximum absolute atomic E-state index is 5.61. The van der Waals surface area contributed by atoms with Gasteiger partial charge in [0.15, 0.2) is 5.96 Å². The van der Waals surface area contributed by atoms with Gasteiger partial charge >= 0.3 is 0 Å². The van der Waals surface area contributed by atoms with Crippen LogP contribution in [0.5, 0.6) is 0 Å². The lowest BCUT2D eigenvalue weighted by Gasteiger charge is -1.96. The second-order valence-corrected chi connectivity index (χ2v) is 5.22. The number of nitrogens with two attached hydrogens (primary N) is 3. The smallest absolute Gasteiger partial charge is 0.223 e. The van der Waals surface area contributed by atoms with Crippen molar-refractivity contribution in [2.45, 2.75) is 0 Å². The first-order valence-corrected chi connectivity index (χ1v) is 6.97. The molecule has 7 nitrogen and oxygen atoms in total. The van der Waals surface area contributed by atoms with Gasteiger partial charge in [0.2, 0.25) is 5.96 Å². The van der Waals surface area contributed by atoms with Gasteiger partial charge in [-0.25, -0.2) is 9.98 Å². The van der Waals surface area contributed by atoms with Gasteiger partial charge in [0.05, 0.1) is 21.6 Å². The fourth-order valence-corrected chi connectivity index (χ4v) is 2.56. The number of guanidine groups is 2. The zero-order chi connectivity index (χ0) is 14.8. The van der Waals surface area contributed by atoms with Crippen molar-refractivity contribution in [1.29, 1.82) is 0 Å². The summed E-state index contributed by atoms with van der Waals surface area (Å²) in [5.41, 5.74) is 18.5. The number of fused-ring (bicyclic) bond motifs is 1. The summed E-state index contributed by atoms with van der Waals surface area (Å²) in [6.07, 6.45) is 0. The molecule has 0 fully saturated rings. The van der Waals surface area contributed by atoms with Gasteiger partial charge in [0.25, 0.3) is 0 Å².